The summed E-state index contributed by atoms with van der Waals surface area (Å²) in [6.45, 7) is 2.64. The van der Waals surface area contributed by atoms with Crippen LogP contribution in [0.5, 0.6) is 0 Å². The zero-order chi connectivity index (χ0) is 25.1. The number of H-pyrrole nitrogens is 1. The topological polar surface area (TPSA) is 41.0 Å². The number of nitrogens with zero attached hydrogens (tertiary/aromatic N) is 2. The minimum absolute atomic E-state index is 0.0775. The van der Waals surface area contributed by atoms with Gasteiger partial charge in [-0.1, -0.05) is 84.4 Å². The molecule has 1 aliphatic heterocycles. The largest absolute Gasteiger partial charge is 0.361 e. The van der Waals surface area contributed by atoms with Crippen LogP contribution in [0.15, 0.2) is 103 Å². The lowest BCUT2D eigenvalue weighted by atomic mass is 9.92. The SMILES string of the molecule is Cc1ccc(-c2c(C3c4ccccc4C(=O)N3Cc3c[nH]c4ccccc34)c3ccccc3n2C)cc1. The number of hydrogen-bond acceptors (Lipinski definition) is 1. The van der Waals surface area contributed by atoms with Crippen LogP contribution in [-0.4, -0.2) is 20.4 Å². The van der Waals surface area contributed by atoms with Crippen LogP contribution < -0.4 is 0 Å². The Labute approximate surface area is 215 Å². The quantitative estimate of drug-likeness (QED) is 0.280. The molecule has 0 spiro atoms. The average Bonchev–Trinajstić information content (AvgIpc) is 3.56. The van der Waals surface area contributed by atoms with Crippen molar-refractivity contribution >= 4 is 27.7 Å². The van der Waals surface area contributed by atoms with Crippen molar-refractivity contribution in [3.8, 4) is 11.3 Å². The molecule has 0 fully saturated rings. The van der Waals surface area contributed by atoms with Crippen molar-refractivity contribution in [3.63, 3.8) is 0 Å². The van der Waals surface area contributed by atoms with E-state index in [9.17, 15) is 4.79 Å². The molecule has 2 aromatic heterocycles. The highest BCUT2D eigenvalue weighted by Gasteiger charge is 2.40. The van der Waals surface area contributed by atoms with Crippen LogP contribution in [0.2, 0.25) is 0 Å². The molecule has 37 heavy (non-hydrogen) atoms. The fraction of sp³-hybridized carbons (Fsp3) is 0.121. The van der Waals surface area contributed by atoms with Gasteiger partial charge in [0.05, 0.1) is 11.7 Å². The lowest BCUT2D eigenvalue weighted by Crippen LogP contribution is -2.28. The molecule has 7 rings (SSSR count). The number of para-hydroxylation sites is 2. The predicted octanol–water partition coefficient (Wildman–Crippen LogP) is 7.38. The summed E-state index contributed by atoms with van der Waals surface area (Å²) in [5, 5.41) is 2.33. The highest BCUT2D eigenvalue weighted by molar-refractivity contribution is 6.02. The van der Waals surface area contributed by atoms with Gasteiger partial charge in [0, 0.05) is 52.7 Å². The fourth-order valence-electron chi connectivity index (χ4n) is 6.05. The first-order valence-electron chi connectivity index (χ1n) is 12.7. The zero-order valence-corrected chi connectivity index (χ0v) is 20.9. The molecule has 3 heterocycles. The first-order valence-corrected chi connectivity index (χ1v) is 12.7. The number of carbonyl (C=O) groups excluding carboxylic acids is 1. The van der Waals surface area contributed by atoms with E-state index < -0.39 is 0 Å². The summed E-state index contributed by atoms with van der Waals surface area (Å²) < 4.78 is 2.28. The summed E-state index contributed by atoms with van der Waals surface area (Å²) >= 11 is 0. The van der Waals surface area contributed by atoms with Crippen molar-refractivity contribution in [2.45, 2.75) is 19.5 Å². The van der Waals surface area contributed by atoms with Crippen LogP contribution in [-0.2, 0) is 13.6 Å². The number of aromatic nitrogens is 2. The number of rotatable bonds is 4. The maximum atomic E-state index is 14.0. The third-order valence-electron chi connectivity index (χ3n) is 7.82. The molecule has 4 aromatic carbocycles. The number of hydrogen-bond donors (Lipinski definition) is 1. The Bertz CT molecular complexity index is 1810. The Morgan fingerprint density at radius 3 is 2.35 bits per heavy atom. The van der Waals surface area contributed by atoms with Crippen molar-refractivity contribution < 1.29 is 4.79 Å². The molecule has 1 aliphatic rings. The van der Waals surface area contributed by atoms with E-state index in [0.717, 1.165) is 44.4 Å². The second-order valence-electron chi connectivity index (χ2n) is 9.99. The van der Waals surface area contributed by atoms with Gasteiger partial charge in [-0.3, -0.25) is 4.79 Å². The van der Waals surface area contributed by atoms with E-state index in [1.165, 1.54) is 16.5 Å². The molecule has 4 heteroatoms. The van der Waals surface area contributed by atoms with Crippen LogP contribution in [0.4, 0.5) is 0 Å². The van der Waals surface area contributed by atoms with Gasteiger partial charge in [-0.2, -0.15) is 0 Å². The lowest BCUT2D eigenvalue weighted by Gasteiger charge is -2.27. The summed E-state index contributed by atoms with van der Waals surface area (Å²) in [5.41, 5.74) is 9.95. The highest BCUT2D eigenvalue weighted by Crippen LogP contribution is 2.47. The molecule has 1 unspecified atom stereocenters. The monoisotopic (exact) mass is 481 g/mol. The predicted molar refractivity (Wildman–Crippen MR) is 150 cm³/mol. The van der Waals surface area contributed by atoms with Crippen molar-refractivity contribution in [2.24, 2.45) is 7.05 Å². The van der Waals surface area contributed by atoms with Crippen LogP contribution in [0.25, 0.3) is 33.1 Å². The molecule has 6 aromatic rings. The molecular formula is C33H27N3O. The Kier molecular flexibility index (Phi) is 4.83. The normalized spacial score (nSPS) is 15.1. The molecular weight excluding hydrogens is 454 g/mol. The van der Waals surface area contributed by atoms with Crippen molar-refractivity contribution in [1.29, 1.82) is 0 Å². The van der Waals surface area contributed by atoms with E-state index >= 15 is 0 Å². The third-order valence-corrected chi connectivity index (χ3v) is 7.82. The molecule has 0 radical (unpaired) electrons. The van der Waals surface area contributed by atoms with Crippen LogP contribution in [0.3, 0.4) is 0 Å². The van der Waals surface area contributed by atoms with E-state index in [0.29, 0.717) is 6.54 Å². The average molecular weight is 482 g/mol. The second kappa shape index (κ2) is 8.24. The summed E-state index contributed by atoms with van der Waals surface area (Å²) in [6.07, 6.45) is 2.04. The molecule has 0 saturated carbocycles. The Balaban J connectivity index is 1.49. The maximum Gasteiger partial charge on any atom is 0.255 e. The third kappa shape index (κ3) is 3.26. The lowest BCUT2D eigenvalue weighted by molar-refractivity contribution is 0.0738. The molecule has 1 atom stereocenters. The molecule has 0 aliphatic carbocycles. The second-order valence-corrected chi connectivity index (χ2v) is 9.99. The number of fused-ring (bicyclic) bond motifs is 3. The first-order chi connectivity index (χ1) is 18.1. The summed E-state index contributed by atoms with van der Waals surface area (Å²) in [7, 11) is 2.13. The fourth-order valence-corrected chi connectivity index (χ4v) is 6.05. The molecule has 0 saturated heterocycles. The van der Waals surface area contributed by atoms with Crippen LogP contribution >= 0.6 is 0 Å². The van der Waals surface area contributed by atoms with E-state index in [1.54, 1.807) is 0 Å². The van der Waals surface area contributed by atoms with Gasteiger partial charge in [-0.15, -0.1) is 0 Å². The molecule has 180 valence electrons. The minimum Gasteiger partial charge on any atom is -0.361 e. The smallest absolute Gasteiger partial charge is 0.255 e. The molecule has 1 N–H and O–H groups in total. The molecule has 4 nitrogen and oxygen atoms in total. The highest BCUT2D eigenvalue weighted by atomic mass is 16.2. The van der Waals surface area contributed by atoms with E-state index in [-0.39, 0.29) is 11.9 Å². The first kappa shape index (κ1) is 21.7. The van der Waals surface area contributed by atoms with Gasteiger partial charge in [-0.05, 0) is 41.8 Å². The van der Waals surface area contributed by atoms with Gasteiger partial charge < -0.3 is 14.5 Å². The van der Waals surface area contributed by atoms with Crippen molar-refractivity contribution in [3.05, 3.63) is 131 Å². The number of carbonyl (C=O) groups is 1. The summed E-state index contributed by atoms with van der Waals surface area (Å²) in [6, 6.07) is 33.4. The number of amides is 1. The number of aryl methyl sites for hydroxylation is 2. The number of nitrogens with one attached hydrogen (secondary N) is 1. The van der Waals surface area contributed by atoms with Crippen molar-refractivity contribution in [1.82, 2.24) is 14.5 Å². The Hall–Kier alpha value is -4.57. The zero-order valence-electron chi connectivity index (χ0n) is 20.9. The Morgan fingerprint density at radius 1 is 0.811 bits per heavy atom. The minimum atomic E-state index is -0.195. The van der Waals surface area contributed by atoms with Gasteiger partial charge in [-0.25, -0.2) is 0 Å². The van der Waals surface area contributed by atoms with Crippen molar-refractivity contribution in [2.75, 3.05) is 0 Å². The van der Waals surface area contributed by atoms with E-state index in [2.05, 4.69) is 101 Å². The standard InChI is InChI=1S/C33H27N3O/c1-21-15-17-22(18-16-21)31-30(27-12-6-8-14-29(27)35(31)2)32-25-10-3-4-11-26(25)33(37)36(32)20-23-19-34-28-13-7-5-9-24(23)28/h3-19,32,34H,20H2,1-2H3. The maximum absolute atomic E-state index is 14.0. The van der Waals surface area contributed by atoms with Crippen LogP contribution in [0, 0.1) is 6.92 Å². The van der Waals surface area contributed by atoms with Gasteiger partial charge in [0.25, 0.3) is 5.91 Å². The van der Waals surface area contributed by atoms with Crippen LogP contribution in [0.1, 0.15) is 38.7 Å². The number of benzene rings is 4. The summed E-state index contributed by atoms with van der Waals surface area (Å²) in [4.78, 5) is 19.4. The Morgan fingerprint density at radius 2 is 1.51 bits per heavy atom. The summed E-state index contributed by atoms with van der Waals surface area (Å²) in [5.74, 6) is 0.0775. The van der Waals surface area contributed by atoms with Gasteiger partial charge >= 0.3 is 0 Å². The number of aromatic amines is 1. The van der Waals surface area contributed by atoms with E-state index in [1.807, 2.05) is 30.5 Å². The van der Waals surface area contributed by atoms with E-state index in [4.69, 9.17) is 0 Å². The van der Waals surface area contributed by atoms with Gasteiger partial charge in [0.1, 0.15) is 0 Å². The molecule has 1 amide bonds. The molecule has 0 bridgehead atoms. The van der Waals surface area contributed by atoms with Gasteiger partial charge in [0.15, 0.2) is 0 Å². The van der Waals surface area contributed by atoms with Gasteiger partial charge in [0.2, 0.25) is 0 Å².